The largest absolute Gasteiger partial charge is 0.361 e. The Kier molecular flexibility index (Phi) is 3.42. The average molecular weight is 244 g/mol. The van der Waals surface area contributed by atoms with Crippen LogP contribution in [0.5, 0.6) is 0 Å². The SMILES string of the molecule is Cc1noc(C)c1CC(C#N)c1ccccc1F. The van der Waals surface area contributed by atoms with E-state index in [0.29, 0.717) is 17.7 Å². The van der Waals surface area contributed by atoms with Gasteiger partial charge in [0.15, 0.2) is 0 Å². The van der Waals surface area contributed by atoms with E-state index in [1.165, 1.54) is 6.07 Å². The van der Waals surface area contributed by atoms with Gasteiger partial charge in [0, 0.05) is 11.1 Å². The first-order valence-corrected chi connectivity index (χ1v) is 5.69. The van der Waals surface area contributed by atoms with E-state index in [2.05, 4.69) is 11.2 Å². The Morgan fingerprint density at radius 1 is 1.39 bits per heavy atom. The van der Waals surface area contributed by atoms with Crippen LogP contribution in [0.1, 0.15) is 28.5 Å². The van der Waals surface area contributed by atoms with Crippen molar-refractivity contribution in [1.29, 1.82) is 5.26 Å². The summed E-state index contributed by atoms with van der Waals surface area (Å²) in [5, 5.41) is 13.1. The van der Waals surface area contributed by atoms with Gasteiger partial charge in [0.05, 0.1) is 17.7 Å². The molecule has 2 aromatic rings. The van der Waals surface area contributed by atoms with Gasteiger partial charge in [-0.2, -0.15) is 5.26 Å². The summed E-state index contributed by atoms with van der Waals surface area (Å²) in [4.78, 5) is 0. The lowest BCUT2D eigenvalue weighted by molar-refractivity contribution is 0.392. The maximum Gasteiger partial charge on any atom is 0.137 e. The smallest absolute Gasteiger partial charge is 0.137 e. The molecule has 0 saturated heterocycles. The molecule has 0 spiro atoms. The fourth-order valence-electron chi connectivity index (χ4n) is 1.98. The molecular weight excluding hydrogens is 231 g/mol. The highest BCUT2D eigenvalue weighted by Gasteiger charge is 2.19. The molecular formula is C14H13FN2O. The average Bonchev–Trinajstić information content (AvgIpc) is 2.68. The summed E-state index contributed by atoms with van der Waals surface area (Å²) >= 11 is 0. The topological polar surface area (TPSA) is 49.8 Å². The summed E-state index contributed by atoms with van der Waals surface area (Å²) in [6, 6.07) is 8.50. The highest BCUT2D eigenvalue weighted by molar-refractivity contribution is 5.32. The van der Waals surface area contributed by atoms with E-state index in [-0.39, 0.29) is 5.82 Å². The van der Waals surface area contributed by atoms with Gasteiger partial charge < -0.3 is 4.52 Å². The van der Waals surface area contributed by atoms with Gasteiger partial charge in [-0.25, -0.2) is 4.39 Å². The van der Waals surface area contributed by atoms with Crippen molar-refractivity contribution in [1.82, 2.24) is 5.16 Å². The van der Waals surface area contributed by atoms with Crippen LogP contribution in [0.4, 0.5) is 4.39 Å². The fourth-order valence-corrected chi connectivity index (χ4v) is 1.98. The van der Waals surface area contributed by atoms with Crippen molar-refractivity contribution in [3.05, 3.63) is 52.7 Å². The standard InChI is InChI=1S/C14H13FN2O/c1-9-13(10(2)18-17-9)7-11(8-16)12-5-3-4-6-14(12)15/h3-6,11H,7H2,1-2H3. The van der Waals surface area contributed by atoms with Crippen molar-refractivity contribution in [2.24, 2.45) is 0 Å². The van der Waals surface area contributed by atoms with Crippen LogP contribution in [0.15, 0.2) is 28.8 Å². The zero-order chi connectivity index (χ0) is 13.1. The van der Waals surface area contributed by atoms with Gasteiger partial charge in [-0.1, -0.05) is 23.4 Å². The lowest BCUT2D eigenvalue weighted by atomic mass is 9.92. The minimum atomic E-state index is -0.525. The van der Waals surface area contributed by atoms with E-state index in [9.17, 15) is 9.65 Å². The zero-order valence-corrected chi connectivity index (χ0v) is 10.3. The minimum Gasteiger partial charge on any atom is -0.361 e. The number of hydrogen-bond acceptors (Lipinski definition) is 3. The van der Waals surface area contributed by atoms with Crippen LogP contribution in [-0.2, 0) is 6.42 Å². The third-order valence-corrected chi connectivity index (χ3v) is 3.03. The van der Waals surface area contributed by atoms with Crippen molar-refractivity contribution < 1.29 is 8.91 Å². The first-order valence-electron chi connectivity index (χ1n) is 5.69. The number of rotatable bonds is 3. The van der Waals surface area contributed by atoms with Gasteiger partial charge in [0.2, 0.25) is 0 Å². The molecule has 3 nitrogen and oxygen atoms in total. The molecule has 1 heterocycles. The molecule has 0 aliphatic carbocycles. The van der Waals surface area contributed by atoms with Crippen molar-refractivity contribution in [2.75, 3.05) is 0 Å². The molecule has 1 aromatic carbocycles. The van der Waals surface area contributed by atoms with E-state index in [1.54, 1.807) is 25.1 Å². The summed E-state index contributed by atoms with van der Waals surface area (Å²) in [5.74, 6) is -0.192. The molecule has 1 aromatic heterocycles. The summed E-state index contributed by atoms with van der Waals surface area (Å²) < 4.78 is 18.7. The van der Waals surface area contributed by atoms with Crippen molar-refractivity contribution in [3.63, 3.8) is 0 Å². The van der Waals surface area contributed by atoms with Crippen molar-refractivity contribution >= 4 is 0 Å². The number of halogens is 1. The minimum absolute atomic E-state index is 0.351. The predicted molar refractivity (Wildman–Crippen MR) is 64.4 cm³/mol. The van der Waals surface area contributed by atoms with E-state index in [1.807, 2.05) is 6.92 Å². The van der Waals surface area contributed by atoms with E-state index in [0.717, 1.165) is 11.3 Å². The third kappa shape index (κ3) is 2.25. The Labute approximate surface area is 105 Å². The lowest BCUT2D eigenvalue weighted by Crippen LogP contribution is -2.04. The second-order valence-electron chi connectivity index (χ2n) is 4.21. The van der Waals surface area contributed by atoms with Gasteiger partial charge in [-0.05, 0) is 26.3 Å². The van der Waals surface area contributed by atoms with Crippen LogP contribution >= 0.6 is 0 Å². The second kappa shape index (κ2) is 5.01. The summed E-state index contributed by atoms with van der Waals surface area (Å²) in [5.41, 5.74) is 2.05. The maximum absolute atomic E-state index is 13.7. The molecule has 4 heteroatoms. The van der Waals surface area contributed by atoms with Crippen molar-refractivity contribution in [2.45, 2.75) is 26.2 Å². The second-order valence-corrected chi connectivity index (χ2v) is 4.21. The van der Waals surface area contributed by atoms with E-state index in [4.69, 9.17) is 4.52 Å². The zero-order valence-electron chi connectivity index (χ0n) is 10.3. The molecule has 18 heavy (non-hydrogen) atoms. The maximum atomic E-state index is 13.7. The van der Waals surface area contributed by atoms with Crippen LogP contribution in [0, 0.1) is 31.0 Å². The number of aromatic nitrogens is 1. The summed E-state index contributed by atoms with van der Waals surface area (Å²) in [6.45, 7) is 3.62. The first kappa shape index (κ1) is 12.3. The van der Waals surface area contributed by atoms with Gasteiger partial charge >= 0.3 is 0 Å². The van der Waals surface area contributed by atoms with Crippen LogP contribution in [0.25, 0.3) is 0 Å². The lowest BCUT2D eigenvalue weighted by Gasteiger charge is -2.09. The molecule has 2 rings (SSSR count). The normalized spacial score (nSPS) is 12.1. The molecule has 0 aliphatic heterocycles. The number of hydrogen-bond donors (Lipinski definition) is 0. The number of nitrogens with zero attached hydrogens (tertiary/aromatic N) is 2. The van der Waals surface area contributed by atoms with Crippen LogP contribution in [-0.4, -0.2) is 5.16 Å². The number of nitriles is 1. The van der Waals surface area contributed by atoms with Gasteiger partial charge in [0.1, 0.15) is 11.6 Å². The Bertz CT molecular complexity index is 579. The van der Waals surface area contributed by atoms with Crippen LogP contribution in [0.3, 0.4) is 0 Å². The summed E-state index contributed by atoms with van der Waals surface area (Å²) in [6.07, 6.45) is 0.415. The van der Waals surface area contributed by atoms with Gasteiger partial charge in [0.25, 0.3) is 0 Å². The first-order chi connectivity index (χ1) is 8.63. The fraction of sp³-hybridized carbons (Fsp3) is 0.286. The molecule has 1 unspecified atom stereocenters. The predicted octanol–water partition coefficient (Wildman–Crippen LogP) is 3.28. The molecule has 0 radical (unpaired) electrons. The molecule has 0 fully saturated rings. The van der Waals surface area contributed by atoms with Gasteiger partial charge in [-0.3, -0.25) is 0 Å². The Morgan fingerprint density at radius 3 is 2.67 bits per heavy atom. The Hall–Kier alpha value is -2.15. The Morgan fingerprint density at radius 2 is 2.11 bits per heavy atom. The van der Waals surface area contributed by atoms with Crippen LogP contribution in [0.2, 0.25) is 0 Å². The van der Waals surface area contributed by atoms with Crippen molar-refractivity contribution in [3.8, 4) is 6.07 Å². The van der Waals surface area contributed by atoms with E-state index >= 15 is 0 Å². The highest BCUT2D eigenvalue weighted by atomic mass is 19.1. The molecule has 0 aliphatic rings. The molecule has 0 saturated carbocycles. The number of benzene rings is 1. The highest BCUT2D eigenvalue weighted by Crippen LogP contribution is 2.25. The van der Waals surface area contributed by atoms with Gasteiger partial charge in [-0.15, -0.1) is 0 Å². The number of aryl methyl sites for hydroxylation is 2. The molecule has 0 N–H and O–H groups in total. The Balaban J connectivity index is 2.32. The molecule has 0 amide bonds. The summed E-state index contributed by atoms with van der Waals surface area (Å²) in [7, 11) is 0. The molecule has 1 atom stereocenters. The third-order valence-electron chi connectivity index (χ3n) is 3.03. The quantitative estimate of drug-likeness (QED) is 0.832. The molecule has 92 valence electrons. The van der Waals surface area contributed by atoms with Crippen LogP contribution < -0.4 is 0 Å². The van der Waals surface area contributed by atoms with E-state index < -0.39 is 5.92 Å². The monoisotopic (exact) mass is 244 g/mol. The molecule has 0 bridgehead atoms.